The van der Waals surface area contributed by atoms with E-state index in [-0.39, 0.29) is 37.5 Å². The van der Waals surface area contributed by atoms with Crippen molar-refractivity contribution in [2.24, 2.45) is 23.7 Å². The van der Waals surface area contributed by atoms with E-state index in [0.29, 0.717) is 24.7 Å². The molecule has 0 bridgehead atoms. The molecule has 3 aliphatic carbocycles. The zero-order valence-corrected chi connectivity index (χ0v) is 10.5. The summed E-state index contributed by atoms with van der Waals surface area (Å²) in [6.07, 6.45) is 2.97. The summed E-state index contributed by atoms with van der Waals surface area (Å²) >= 11 is 0. The molecule has 18 heavy (non-hydrogen) atoms. The van der Waals surface area contributed by atoms with E-state index in [1.165, 1.54) is 0 Å². The molecule has 0 spiro atoms. The molecule has 3 rings (SSSR count). The van der Waals surface area contributed by atoms with Crippen LogP contribution in [-0.2, 0) is 0 Å². The van der Waals surface area contributed by atoms with Crippen molar-refractivity contribution in [1.82, 2.24) is 0 Å². The zero-order chi connectivity index (χ0) is 13.0. The summed E-state index contributed by atoms with van der Waals surface area (Å²) in [7, 11) is 0. The molecule has 0 saturated heterocycles. The van der Waals surface area contributed by atoms with Crippen molar-refractivity contribution in [3.05, 3.63) is 0 Å². The summed E-state index contributed by atoms with van der Waals surface area (Å²) in [6, 6.07) is 0. The Bertz CT molecular complexity index is 300. The highest BCUT2D eigenvalue weighted by molar-refractivity contribution is 4.97. The van der Waals surface area contributed by atoms with Gasteiger partial charge < -0.3 is 0 Å². The highest BCUT2D eigenvalue weighted by Gasteiger charge is 2.52. The van der Waals surface area contributed by atoms with Gasteiger partial charge in [0.1, 0.15) is 0 Å². The van der Waals surface area contributed by atoms with Crippen LogP contribution in [0.4, 0.5) is 17.6 Å². The first kappa shape index (κ1) is 12.7. The van der Waals surface area contributed by atoms with Gasteiger partial charge in [0, 0.05) is 25.7 Å². The van der Waals surface area contributed by atoms with E-state index in [1.807, 2.05) is 0 Å². The fraction of sp³-hybridized carbons (Fsp3) is 1.00. The third-order valence-electron chi connectivity index (χ3n) is 5.43. The third kappa shape index (κ3) is 2.39. The predicted molar refractivity (Wildman–Crippen MR) is 60.8 cm³/mol. The van der Waals surface area contributed by atoms with Crippen molar-refractivity contribution in [3.8, 4) is 0 Å². The first-order valence-corrected chi connectivity index (χ1v) is 7.10. The highest BCUT2D eigenvalue weighted by atomic mass is 19.3. The number of hydrogen-bond donors (Lipinski definition) is 0. The highest BCUT2D eigenvalue weighted by Crippen LogP contribution is 2.56. The van der Waals surface area contributed by atoms with E-state index < -0.39 is 11.8 Å². The van der Waals surface area contributed by atoms with Gasteiger partial charge in [-0.2, -0.15) is 0 Å². The van der Waals surface area contributed by atoms with E-state index in [9.17, 15) is 17.6 Å². The molecular formula is C14H20F4. The zero-order valence-electron chi connectivity index (χ0n) is 10.5. The van der Waals surface area contributed by atoms with Crippen molar-refractivity contribution in [2.75, 3.05) is 0 Å². The molecule has 4 heteroatoms. The molecule has 3 saturated carbocycles. The second-order valence-corrected chi connectivity index (χ2v) is 6.71. The molecule has 0 aliphatic heterocycles. The van der Waals surface area contributed by atoms with Crippen LogP contribution in [0.25, 0.3) is 0 Å². The largest absolute Gasteiger partial charge is 0.248 e. The second-order valence-electron chi connectivity index (χ2n) is 6.71. The van der Waals surface area contributed by atoms with Crippen LogP contribution in [0.3, 0.4) is 0 Å². The van der Waals surface area contributed by atoms with Gasteiger partial charge in [0.15, 0.2) is 0 Å². The van der Waals surface area contributed by atoms with E-state index in [0.717, 1.165) is 12.8 Å². The Kier molecular flexibility index (Phi) is 2.91. The van der Waals surface area contributed by atoms with Crippen LogP contribution in [0.5, 0.6) is 0 Å². The smallest absolute Gasteiger partial charge is 0.207 e. The maximum absolute atomic E-state index is 13.2. The van der Waals surface area contributed by atoms with E-state index in [1.54, 1.807) is 0 Å². The minimum atomic E-state index is -2.47. The van der Waals surface area contributed by atoms with E-state index >= 15 is 0 Å². The van der Waals surface area contributed by atoms with Gasteiger partial charge in [-0.05, 0) is 49.4 Å². The standard InChI is InChI=1S/C14H20F4/c15-13(16)3-1-9(2-4-13)10-5-11-7-14(17,18)8-12(11)6-10/h9-12H,1-8H2/t10?,11-,12+. The van der Waals surface area contributed by atoms with Crippen LogP contribution >= 0.6 is 0 Å². The molecule has 0 aromatic heterocycles. The lowest BCUT2D eigenvalue weighted by molar-refractivity contribution is -0.0533. The molecule has 3 atom stereocenters. The van der Waals surface area contributed by atoms with Crippen LogP contribution < -0.4 is 0 Å². The van der Waals surface area contributed by atoms with Gasteiger partial charge in [0.2, 0.25) is 11.8 Å². The Hall–Kier alpha value is -0.280. The molecular weight excluding hydrogens is 244 g/mol. The molecule has 3 fully saturated rings. The minimum Gasteiger partial charge on any atom is -0.207 e. The van der Waals surface area contributed by atoms with Crippen molar-refractivity contribution >= 4 is 0 Å². The second kappa shape index (κ2) is 4.11. The van der Waals surface area contributed by atoms with Gasteiger partial charge >= 0.3 is 0 Å². The summed E-state index contributed by atoms with van der Waals surface area (Å²) in [5.74, 6) is -3.81. The maximum Gasteiger partial charge on any atom is 0.248 e. The fourth-order valence-corrected chi connectivity index (χ4v) is 4.53. The average molecular weight is 264 g/mol. The molecule has 0 nitrogen and oxygen atoms in total. The molecule has 0 radical (unpaired) electrons. The summed E-state index contributed by atoms with van der Waals surface area (Å²) in [4.78, 5) is 0. The quantitative estimate of drug-likeness (QED) is 0.592. The molecule has 0 aromatic rings. The minimum absolute atomic E-state index is 0.000338. The number of hydrogen-bond acceptors (Lipinski definition) is 0. The Morgan fingerprint density at radius 3 is 1.61 bits per heavy atom. The van der Waals surface area contributed by atoms with Gasteiger partial charge in [0.25, 0.3) is 0 Å². The Balaban J connectivity index is 1.56. The first-order valence-electron chi connectivity index (χ1n) is 7.10. The Morgan fingerprint density at radius 1 is 0.611 bits per heavy atom. The van der Waals surface area contributed by atoms with Crippen LogP contribution in [0.1, 0.15) is 51.4 Å². The summed E-state index contributed by atoms with van der Waals surface area (Å²) in [5.41, 5.74) is 0. The van der Waals surface area contributed by atoms with Gasteiger partial charge in [-0.25, -0.2) is 17.6 Å². The predicted octanol–water partition coefficient (Wildman–Crippen LogP) is 4.88. The lowest BCUT2D eigenvalue weighted by Crippen LogP contribution is -2.28. The SMILES string of the molecule is FC1(F)CCC(C2C[C@@H]3CC(F)(F)C[C@@H]3C2)CC1. The summed E-state index contributed by atoms with van der Waals surface area (Å²) in [6.45, 7) is 0. The Morgan fingerprint density at radius 2 is 1.11 bits per heavy atom. The Labute approximate surface area is 105 Å². The molecule has 3 aliphatic rings. The third-order valence-corrected chi connectivity index (χ3v) is 5.43. The number of alkyl halides is 4. The average Bonchev–Trinajstić information content (AvgIpc) is 2.70. The van der Waals surface area contributed by atoms with Gasteiger partial charge in [-0.15, -0.1) is 0 Å². The van der Waals surface area contributed by atoms with Crippen molar-refractivity contribution in [2.45, 2.75) is 63.2 Å². The van der Waals surface area contributed by atoms with Crippen molar-refractivity contribution < 1.29 is 17.6 Å². The lowest BCUT2D eigenvalue weighted by Gasteiger charge is -2.32. The molecule has 0 amide bonds. The van der Waals surface area contributed by atoms with Crippen LogP contribution in [0.2, 0.25) is 0 Å². The van der Waals surface area contributed by atoms with E-state index in [4.69, 9.17) is 0 Å². The van der Waals surface area contributed by atoms with Crippen LogP contribution in [0, 0.1) is 23.7 Å². The first-order chi connectivity index (χ1) is 8.35. The van der Waals surface area contributed by atoms with Crippen LogP contribution in [0.15, 0.2) is 0 Å². The summed E-state index contributed by atoms with van der Waals surface area (Å²) in [5, 5.41) is 0. The van der Waals surface area contributed by atoms with Gasteiger partial charge in [-0.1, -0.05) is 0 Å². The van der Waals surface area contributed by atoms with E-state index in [2.05, 4.69) is 0 Å². The lowest BCUT2D eigenvalue weighted by atomic mass is 9.77. The van der Waals surface area contributed by atoms with Crippen molar-refractivity contribution in [1.29, 1.82) is 0 Å². The summed E-state index contributed by atoms with van der Waals surface area (Å²) < 4.78 is 52.7. The number of halogens is 4. The van der Waals surface area contributed by atoms with Crippen LogP contribution in [-0.4, -0.2) is 11.8 Å². The molecule has 0 aromatic carbocycles. The molecule has 1 unspecified atom stereocenters. The van der Waals surface area contributed by atoms with Gasteiger partial charge in [-0.3, -0.25) is 0 Å². The van der Waals surface area contributed by atoms with Gasteiger partial charge in [0.05, 0.1) is 0 Å². The molecule has 0 N–H and O–H groups in total. The monoisotopic (exact) mass is 264 g/mol. The number of rotatable bonds is 1. The maximum atomic E-state index is 13.2. The topological polar surface area (TPSA) is 0 Å². The number of fused-ring (bicyclic) bond motifs is 1. The fourth-order valence-electron chi connectivity index (χ4n) is 4.53. The van der Waals surface area contributed by atoms with Crippen molar-refractivity contribution in [3.63, 3.8) is 0 Å². The molecule has 104 valence electrons. The normalized spacial score (nSPS) is 43.0. The molecule has 0 heterocycles.